The number of fused-ring (bicyclic) bond motifs is 4. The van der Waals surface area contributed by atoms with Crippen LogP contribution < -0.4 is 15.0 Å². The predicted octanol–water partition coefficient (Wildman–Crippen LogP) is 1.68. The van der Waals surface area contributed by atoms with Crippen LogP contribution >= 0.6 is 0 Å². The molecular weight excluding hydrogens is 360 g/mol. The molecule has 144 valence electrons. The van der Waals surface area contributed by atoms with Crippen LogP contribution in [0.1, 0.15) is 27.3 Å². The molecule has 5 rings (SSSR count). The lowest BCUT2D eigenvalue weighted by molar-refractivity contribution is 0.0750. The van der Waals surface area contributed by atoms with Gasteiger partial charge in [-0.05, 0) is 37.1 Å². The monoisotopic (exact) mass is 380 g/mol. The summed E-state index contributed by atoms with van der Waals surface area (Å²) in [5.41, 5.74) is 3.53. The number of aromatic nitrogens is 3. The molecule has 28 heavy (non-hydrogen) atoms. The van der Waals surface area contributed by atoms with Gasteiger partial charge in [0, 0.05) is 20.1 Å². The van der Waals surface area contributed by atoms with Gasteiger partial charge in [-0.1, -0.05) is 6.07 Å². The summed E-state index contributed by atoms with van der Waals surface area (Å²) in [5, 5.41) is 5.12. The Hall–Kier alpha value is -3.29. The Morgan fingerprint density at radius 1 is 1.11 bits per heavy atom. The summed E-state index contributed by atoms with van der Waals surface area (Å²) in [4.78, 5) is 27.6. The molecular formula is C20H20N4O4. The number of hydrogen-bond donors (Lipinski definition) is 0. The maximum absolute atomic E-state index is 13.3. The summed E-state index contributed by atoms with van der Waals surface area (Å²) in [5.74, 6) is 1.32. The first-order valence-corrected chi connectivity index (χ1v) is 9.20. The lowest BCUT2D eigenvalue weighted by Crippen LogP contribution is -2.37. The Morgan fingerprint density at radius 2 is 1.89 bits per heavy atom. The molecule has 0 radical (unpaired) electrons. The van der Waals surface area contributed by atoms with E-state index in [1.807, 2.05) is 36.6 Å². The first-order chi connectivity index (χ1) is 13.5. The SMILES string of the molecule is Cc1c2n(c3c(C)nn(Cc4ccc5c(c4)OCO5)c(=O)c13)CCN(C)C2=O. The summed E-state index contributed by atoms with van der Waals surface area (Å²) in [6.45, 7) is 5.54. The fourth-order valence-corrected chi connectivity index (χ4v) is 4.14. The van der Waals surface area contributed by atoms with Crippen molar-refractivity contribution < 1.29 is 14.3 Å². The van der Waals surface area contributed by atoms with Gasteiger partial charge in [0.1, 0.15) is 5.69 Å². The second-order valence-electron chi connectivity index (χ2n) is 7.31. The molecule has 1 aromatic carbocycles. The van der Waals surface area contributed by atoms with Crippen LogP contribution in [0.15, 0.2) is 23.0 Å². The zero-order valence-corrected chi connectivity index (χ0v) is 16.0. The number of nitrogens with zero attached hydrogens (tertiary/aromatic N) is 4. The van der Waals surface area contributed by atoms with E-state index in [0.717, 1.165) is 22.3 Å². The van der Waals surface area contributed by atoms with E-state index < -0.39 is 0 Å². The molecule has 2 aromatic heterocycles. The Labute approximate surface area is 160 Å². The van der Waals surface area contributed by atoms with E-state index in [-0.39, 0.29) is 18.3 Å². The van der Waals surface area contributed by atoms with Crippen LogP contribution in [0.5, 0.6) is 11.5 Å². The molecule has 1 amide bonds. The summed E-state index contributed by atoms with van der Waals surface area (Å²) in [7, 11) is 1.78. The van der Waals surface area contributed by atoms with Gasteiger partial charge < -0.3 is 18.9 Å². The molecule has 0 saturated heterocycles. The first kappa shape index (κ1) is 16.9. The third-order valence-electron chi connectivity index (χ3n) is 5.55. The van der Waals surface area contributed by atoms with Crippen LogP contribution in [0, 0.1) is 13.8 Å². The molecule has 0 aliphatic carbocycles. The van der Waals surface area contributed by atoms with Crippen molar-refractivity contribution in [3.05, 3.63) is 51.1 Å². The quantitative estimate of drug-likeness (QED) is 0.676. The van der Waals surface area contributed by atoms with Gasteiger partial charge in [0.2, 0.25) is 6.79 Å². The maximum Gasteiger partial charge on any atom is 0.276 e. The fraction of sp³-hybridized carbons (Fsp3) is 0.350. The summed E-state index contributed by atoms with van der Waals surface area (Å²) < 4.78 is 14.2. The number of rotatable bonds is 2. The van der Waals surface area contributed by atoms with Crippen LogP contribution in [0.3, 0.4) is 0 Å². The minimum atomic E-state index is -0.187. The topological polar surface area (TPSA) is 78.6 Å². The Morgan fingerprint density at radius 3 is 2.71 bits per heavy atom. The summed E-state index contributed by atoms with van der Waals surface area (Å²) in [6.07, 6.45) is 0. The van der Waals surface area contributed by atoms with E-state index >= 15 is 0 Å². The van der Waals surface area contributed by atoms with Crippen molar-refractivity contribution >= 4 is 16.8 Å². The number of aryl methyl sites for hydroxylation is 2. The van der Waals surface area contributed by atoms with E-state index in [1.165, 1.54) is 4.68 Å². The molecule has 0 unspecified atom stereocenters. The third kappa shape index (κ3) is 2.27. The second-order valence-corrected chi connectivity index (χ2v) is 7.31. The van der Waals surface area contributed by atoms with E-state index in [0.29, 0.717) is 42.2 Å². The molecule has 0 atom stereocenters. The molecule has 4 heterocycles. The largest absolute Gasteiger partial charge is 0.454 e. The molecule has 0 saturated carbocycles. The van der Waals surface area contributed by atoms with Crippen LogP contribution in [0.4, 0.5) is 0 Å². The third-order valence-corrected chi connectivity index (χ3v) is 5.55. The highest BCUT2D eigenvalue weighted by Crippen LogP contribution is 2.33. The molecule has 0 fully saturated rings. The Bertz CT molecular complexity index is 1210. The smallest absolute Gasteiger partial charge is 0.276 e. The van der Waals surface area contributed by atoms with Gasteiger partial charge in [-0.15, -0.1) is 0 Å². The van der Waals surface area contributed by atoms with E-state index in [4.69, 9.17) is 9.47 Å². The fourth-order valence-electron chi connectivity index (χ4n) is 4.14. The molecule has 8 nitrogen and oxygen atoms in total. The Balaban J connectivity index is 1.66. The Kier molecular flexibility index (Phi) is 3.52. The van der Waals surface area contributed by atoms with Crippen LogP contribution in [-0.4, -0.2) is 45.5 Å². The molecule has 8 heteroatoms. The van der Waals surface area contributed by atoms with Crippen molar-refractivity contribution in [2.24, 2.45) is 0 Å². The van der Waals surface area contributed by atoms with Crippen molar-refractivity contribution in [1.82, 2.24) is 19.2 Å². The minimum Gasteiger partial charge on any atom is -0.454 e. The molecule has 3 aromatic rings. The highest BCUT2D eigenvalue weighted by molar-refractivity contribution is 6.02. The van der Waals surface area contributed by atoms with Crippen LogP contribution in [-0.2, 0) is 13.1 Å². The van der Waals surface area contributed by atoms with Crippen molar-refractivity contribution in [1.29, 1.82) is 0 Å². The maximum atomic E-state index is 13.3. The van der Waals surface area contributed by atoms with Gasteiger partial charge in [0.05, 0.1) is 23.1 Å². The zero-order chi connectivity index (χ0) is 19.6. The number of carbonyl (C=O) groups is 1. The van der Waals surface area contributed by atoms with Gasteiger partial charge in [-0.25, -0.2) is 4.68 Å². The van der Waals surface area contributed by atoms with Crippen LogP contribution in [0.25, 0.3) is 10.9 Å². The van der Waals surface area contributed by atoms with E-state index in [2.05, 4.69) is 5.10 Å². The number of hydrogen-bond acceptors (Lipinski definition) is 5. The van der Waals surface area contributed by atoms with Gasteiger partial charge in [-0.3, -0.25) is 9.59 Å². The number of benzene rings is 1. The van der Waals surface area contributed by atoms with Gasteiger partial charge in [0.25, 0.3) is 11.5 Å². The molecule has 2 aliphatic heterocycles. The number of amides is 1. The normalized spacial score (nSPS) is 15.4. The molecule has 0 bridgehead atoms. The minimum absolute atomic E-state index is 0.0546. The first-order valence-electron chi connectivity index (χ1n) is 9.20. The van der Waals surface area contributed by atoms with Crippen molar-refractivity contribution in [3.63, 3.8) is 0 Å². The van der Waals surface area contributed by atoms with Crippen molar-refractivity contribution in [3.8, 4) is 11.5 Å². The van der Waals surface area contributed by atoms with Gasteiger partial charge in [-0.2, -0.15) is 5.10 Å². The number of carbonyl (C=O) groups excluding carboxylic acids is 1. The van der Waals surface area contributed by atoms with E-state index in [9.17, 15) is 9.59 Å². The average Bonchev–Trinajstić information content (AvgIpc) is 3.25. The van der Waals surface area contributed by atoms with Crippen molar-refractivity contribution in [2.45, 2.75) is 26.9 Å². The average molecular weight is 380 g/mol. The molecule has 2 aliphatic rings. The van der Waals surface area contributed by atoms with Gasteiger partial charge in [0.15, 0.2) is 11.5 Å². The summed E-state index contributed by atoms with van der Waals surface area (Å²) >= 11 is 0. The number of ether oxygens (including phenoxy) is 2. The predicted molar refractivity (Wildman–Crippen MR) is 102 cm³/mol. The second kappa shape index (κ2) is 5.85. The highest BCUT2D eigenvalue weighted by atomic mass is 16.7. The van der Waals surface area contributed by atoms with E-state index in [1.54, 1.807) is 11.9 Å². The van der Waals surface area contributed by atoms with Crippen LogP contribution in [0.2, 0.25) is 0 Å². The number of likely N-dealkylation sites (N-methyl/N-ethyl adjacent to an activating group) is 1. The molecule has 0 spiro atoms. The van der Waals surface area contributed by atoms with Crippen molar-refractivity contribution in [2.75, 3.05) is 20.4 Å². The highest BCUT2D eigenvalue weighted by Gasteiger charge is 2.30. The standard InChI is InChI=1S/C20H20N4O4/c1-11-16-18(23-7-6-22(3)20(26)17(11)23)12(2)21-24(19(16)25)9-13-4-5-14-15(8-13)28-10-27-14/h4-5,8H,6-7,9-10H2,1-3H3. The lowest BCUT2D eigenvalue weighted by Gasteiger charge is -2.25. The lowest BCUT2D eigenvalue weighted by atomic mass is 10.1. The summed E-state index contributed by atoms with van der Waals surface area (Å²) in [6, 6.07) is 5.61. The van der Waals surface area contributed by atoms with Gasteiger partial charge >= 0.3 is 0 Å². The zero-order valence-electron chi connectivity index (χ0n) is 16.0. The molecule has 0 N–H and O–H groups in total.